The average Bonchev–Trinajstić information content (AvgIpc) is 2.23. The zero-order valence-corrected chi connectivity index (χ0v) is 10.3. The Morgan fingerprint density at radius 2 is 2.12 bits per heavy atom. The second-order valence-corrected chi connectivity index (χ2v) is 4.43. The van der Waals surface area contributed by atoms with Gasteiger partial charge in [0.1, 0.15) is 0 Å². The molecule has 5 heteroatoms. The van der Waals surface area contributed by atoms with Crippen molar-refractivity contribution < 1.29 is 5.21 Å². The maximum absolute atomic E-state index is 12.0. The third-order valence-corrected chi connectivity index (χ3v) is 3.02. The van der Waals surface area contributed by atoms with Gasteiger partial charge in [-0.05, 0) is 18.9 Å². The van der Waals surface area contributed by atoms with Gasteiger partial charge in [0.05, 0.1) is 16.8 Å². The van der Waals surface area contributed by atoms with Crippen molar-refractivity contribution in [1.82, 2.24) is 4.57 Å². The van der Waals surface area contributed by atoms with E-state index in [0.29, 0.717) is 5.92 Å². The topological polar surface area (TPSA) is 54.6 Å². The predicted octanol–water partition coefficient (Wildman–Crippen LogP) is 2.53. The summed E-state index contributed by atoms with van der Waals surface area (Å²) in [6.07, 6.45) is 2.72. The van der Waals surface area contributed by atoms with Crippen molar-refractivity contribution >= 4 is 17.8 Å². The van der Waals surface area contributed by atoms with Gasteiger partial charge in [0.2, 0.25) is 0 Å². The monoisotopic (exact) mass is 242 g/mol. The van der Waals surface area contributed by atoms with E-state index in [1.165, 1.54) is 0 Å². The number of aromatic nitrogens is 1. The summed E-state index contributed by atoms with van der Waals surface area (Å²) in [6, 6.07) is 1.69. The molecule has 0 fully saturated rings. The third kappa shape index (κ3) is 2.44. The van der Waals surface area contributed by atoms with Gasteiger partial charge in [0, 0.05) is 12.2 Å². The highest BCUT2D eigenvalue weighted by atomic mass is 35.5. The summed E-state index contributed by atoms with van der Waals surface area (Å²) in [5.74, 6) is 0.331. The Labute approximate surface area is 99.2 Å². The number of nitrogens with zero attached hydrogens (tertiary/aromatic N) is 2. The Balaban J connectivity index is 3.35. The number of hydrogen-bond acceptors (Lipinski definition) is 3. The smallest absolute Gasteiger partial charge is 0.261 e. The van der Waals surface area contributed by atoms with Crippen LogP contribution < -0.4 is 5.56 Å². The van der Waals surface area contributed by atoms with Crippen LogP contribution in [0.4, 0.5) is 0 Å². The van der Waals surface area contributed by atoms with Crippen LogP contribution in [0.15, 0.2) is 22.2 Å². The lowest BCUT2D eigenvalue weighted by Gasteiger charge is -2.19. The van der Waals surface area contributed by atoms with Gasteiger partial charge < -0.3 is 9.77 Å². The summed E-state index contributed by atoms with van der Waals surface area (Å²) in [5, 5.41) is 11.6. The molecule has 0 saturated heterocycles. The van der Waals surface area contributed by atoms with Crippen LogP contribution in [0.1, 0.15) is 32.4 Å². The Morgan fingerprint density at radius 1 is 1.50 bits per heavy atom. The van der Waals surface area contributed by atoms with Gasteiger partial charge in [-0.15, -0.1) is 0 Å². The van der Waals surface area contributed by atoms with Crippen LogP contribution in [-0.4, -0.2) is 16.0 Å². The lowest BCUT2D eigenvalue weighted by atomic mass is 10.1. The van der Waals surface area contributed by atoms with Crippen molar-refractivity contribution in [3.8, 4) is 0 Å². The molecular weight excluding hydrogens is 228 g/mol. The first-order valence-corrected chi connectivity index (χ1v) is 5.45. The van der Waals surface area contributed by atoms with Gasteiger partial charge in [-0.1, -0.05) is 30.6 Å². The molecule has 0 aromatic carbocycles. The van der Waals surface area contributed by atoms with E-state index in [4.69, 9.17) is 16.8 Å². The van der Waals surface area contributed by atoms with Crippen LogP contribution in [0, 0.1) is 5.92 Å². The molecule has 0 aliphatic heterocycles. The zero-order chi connectivity index (χ0) is 12.3. The number of halogens is 1. The van der Waals surface area contributed by atoms with E-state index in [0.717, 1.165) is 6.21 Å². The highest BCUT2D eigenvalue weighted by Crippen LogP contribution is 2.17. The molecule has 1 aromatic rings. The number of oxime groups is 1. The van der Waals surface area contributed by atoms with E-state index in [-0.39, 0.29) is 22.2 Å². The second kappa shape index (κ2) is 5.16. The van der Waals surface area contributed by atoms with Crippen LogP contribution in [0.25, 0.3) is 0 Å². The third-order valence-electron chi connectivity index (χ3n) is 2.69. The van der Waals surface area contributed by atoms with Crippen LogP contribution in [0.2, 0.25) is 5.02 Å². The zero-order valence-electron chi connectivity index (χ0n) is 9.51. The fraction of sp³-hybridized carbons (Fsp3) is 0.455. The highest BCUT2D eigenvalue weighted by Gasteiger charge is 2.14. The maximum Gasteiger partial charge on any atom is 0.261 e. The van der Waals surface area contributed by atoms with E-state index in [1.807, 2.05) is 20.8 Å². The van der Waals surface area contributed by atoms with Crippen LogP contribution in [0.5, 0.6) is 0 Å². The molecule has 0 radical (unpaired) electrons. The number of pyridine rings is 1. The largest absolute Gasteiger partial charge is 0.411 e. The molecule has 16 heavy (non-hydrogen) atoms. The van der Waals surface area contributed by atoms with E-state index in [2.05, 4.69) is 5.16 Å². The molecule has 88 valence electrons. The molecule has 4 nitrogen and oxygen atoms in total. The molecule has 0 amide bonds. The van der Waals surface area contributed by atoms with E-state index >= 15 is 0 Å². The van der Waals surface area contributed by atoms with E-state index in [1.54, 1.807) is 16.8 Å². The molecule has 0 aliphatic rings. The molecule has 1 rings (SSSR count). The minimum Gasteiger partial charge on any atom is -0.411 e. The van der Waals surface area contributed by atoms with Gasteiger partial charge >= 0.3 is 0 Å². The van der Waals surface area contributed by atoms with Crippen molar-refractivity contribution in [3.63, 3.8) is 0 Å². The second-order valence-electron chi connectivity index (χ2n) is 4.02. The van der Waals surface area contributed by atoms with Crippen LogP contribution >= 0.6 is 11.6 Å². The molecule has 1 aromatic heterocycles. The Bertz CT molecular complexity index is 452. The molecule has 0 bridgehead atoms. The molecular formula is C11H15ClN2O2. The highest BCUT2D eigenvalue weighted by molar-refractivity contribution is 6.32. The van der Waals surface area contributed by atoms with Crippen LogP contribution in [0.3, 0.4) is 0 Å². The fourth-order valence-corrected chi connectivity index (χ4v) is 1.55. The van der Waals surface area contributed by atoms with Crippen LogP contribution in [-0.2, 0) is 0 Å². The quantitative estimate of drug-likeness (QED) is 0.503. The average molecular weight is 243 g/mol. The lowest BCUT2D eigenvalue weighted by Crippen LogP contribution is -2.28. The Hall–Kier alpha value is -1.29. The molecule has 0 spiro atoms. The molecule has 1 atom stereocenters. The van der Waals surface area contributed by atoms with E-state index in [9.17, 15) is 4.79 Å². The first-order chi connectivity index (χ1) is 7.49. The van der Waals surface area contributed by atoms with E-state index < -0.39 is 0 Å². The minimum atomic E-state index is -0.244. The van der Waals surface area contributed by atoms with Crippen molar-refractivity contribution in [2.75, 3.05) is 0 Å². The predicted molar refractivity (Wildman–Crippen MR) is 64.6 cm³/mol. The van der Waals surface area contributed by atoms with Crippen molar-refractivity contribution in [2.24, 2.45) is 11.1 Å². The molecule has 0 aliphatic carbocycles. The summed E-state index contributed by atoms with van der Waals surface area (Å²) < 4.78 is 1.59. The summed E-state index contributed by atoms with van der Waals surface area (Å²) in [5.41, 5.74) is -0.0364. The Kier molecular flexibility index (Phi) is 4.12. The van der Waals surface area contributed by atoms with Gasteiger partial charge in [-0.2, -0.15) is 0 Å². The minimum absolute atomic E-state index is 0.0654. The summed E-state index contributed by atoms with van der Waals surface area (Å²) in [4.78, 5) is 12.0. The summed E-state index contributed by atoms with van der Waals surface area (Å²) in [6.45, 7) is 6.02. The van der Waals surface area contributed by atoms with Crippen molar-refractivity contribution in [2.45, 2.75) is 26.8 Å². The molecule has 0 unspecified atom stereocenters. The van der Waals surface area contributed by atoms with Crippen molar-refractivity contribution in [1.29, 1.82) is 0 Å². The Morgan fingerprint density at radius 3 is 2.62 bits per heavy atom. The first kappa shape index (κ1) is 12.8. The molecule has 0 saturated carbocycles. The normalized spacial score (nSPS) is 13.6. The van der Waals surface area contributed by atoms with Gasteiger partial charge in [-0.25, -0.2) is 0 Å². The maximum atomic E-state index is 12.0. The lowest BCUT2D eigenvalue weighted by molar-refractivity contribution is 0.321. The number of hydrogen-bond donors (Lipinski definition) is 1. The van der Waals surface area contributed by atoms with Gasteiger partial charge in [0.25, 0.3) is 5.56 Å². The standard InChI is InChI=1S/C11H15ClN2O2/c1-7(2)8(3)14-5-4-10(12)9(6-13-16)11(14)15/h4-8,16H,1-3H3/t8-/m0/s1. The van der Waals surface area contributed by atoms with Gasteiger partial charge in [-0.3, -0.25) is 4.79 Å². The molecule has 1 N–H and O–H groups in total. The summed E-state index contributed by atoms with van der Waals surface area (Å²) in [7, 11) is 0. The first-order valence-electron chi connectivity index (χ1n) is 5.07. The molecule has 1 heterocycles. The summed E-state index contributed by atoms with van der Waals surface area (Å²) >= 11 is 5.85. The van der Waals surface area contributed by atoms with Crippen molar-refractivity contribution in [3.05, 3.63) is 33.2 Å². The SMILES string of the molecule is CC(C)[C@H](C)n1ccc(Cl)c(C=NO)c1=O. The van der Waals surface area contributed by atoms with Gasteiger partial charge in [0.15, 0.2) is 0 Å². The number of rotatable bonds is 3. The fourth-order valence-electron chi connectivity index (χ4n) is 1.36.